The Labute approximate surface area is 129 Å². The van der Waals surface area contributed by atoms with E-state index in [4.69, 9.17) is 10.5 Å². The monoisotopic (exact) mass is 300 g/mol. The molecule has 2 aromatic rings. The van der Waals surface area contributed by atoms with E-state index in [1.165, 1.54) is 4.90 Å². The van der Waals surface area contributed by atoms with E-state index in [0.29, 0.717) is 17.0 Å². The highest BCUT2D eigenvalue weighted by atomic mass is 16.5. The summed E-state index contributed by atoms with van der Waals surface area (Å²) in [6.45, 7) is 3.86. The van der Waals surface area contributed by atoms with Gasteiger partial charge in [0.05, 0.1) is 17.0 Å². The first-order valence-corrected chi connectivity index (χ1v) is 6.93. The largest absolute Gasteiger partial charge is 0.487 e. The molecule has 0 saturated carbocycles. The van der Waals surface area contributed by atoms with Gasteiger partial charge in [-0.1, -0.05) is 18.2 Å². The molecule has 0 saturated heterocycles. The second-order valence-electron chi connectivity index (χ2n) is 5.24. The fourth-order valence-electron chi connectivity index (χ4n) is 2.13. The number of hydrogen-bond donors (Lipinski definition) is 1. The molecular formula is C16H20N4O2. The van der Waals surface area contributed by atoms with Crippen LogP contribution in [0.25, 0.3) is 0 Å². The van der Waals surface area contributed by atoms with Crippen molar-refractivity contribution < 1.29 is 9.53 Å². The number of nitrogens with zero attached hydrogens (tertiary/aromatic N) is 3. The standard InChI is InChI=1S/C16H20N4O2/c1-10-7-5-6-8-13(10)22-9-12-14(15(21)20(3)4)11(2)18-16(17)19-12/h5-8H,9H2,1-4H3,(H2,17,18,19). The highest BCUT2D eigenvalue weighted by molar-refractivity contribution is 5.96. The number of aromatic nitrogens is 2. The van der Waals surface area contributed by atoms with E-state index < -0.39 is 0 Å². The molecule has 0 fully saturated rings. The molecule has 6 heteroatoms. The van der Waals surface area contributed by atoms with Crippen molar-refractivity contribution in [2.75, 3.05) is 19.8 Å². The van der Waals surface area contributed by atoms with Gasteiger partial charge in [0.15, 0.2) is 0 Å². The molecule has 0 radical (unpaired) electrons. The second kappa shape index (κ2) is 6.43. The third-order valence-electron chi connectivity index (χ3n) is 3.26. The Morgan fingerprint density at radius 1 is 1.23 bits per heavy atom. The van der Waals surface area contributed by atoms with Crippen molar-refractivity contribution in [3.05, 3.63) is 46.8 Å². The van der Waals surface area contributed by atoms with Gasteiger partial charge in [-0.05, 0) is 25.5 Å². The Hall–Kier alpha value is -2.63. The summed E-state index contributed by atoms with van der Waals surface area (Å²) in [5.41, 5.74) is 8.20. The average molecular weight is 300 g/mol. The van der Waals surface area contributed by atoms with E-state index in [1.807, 2.05) is 31.2 Å². The Bertz CT molecular complexity index is 699. The van der Waals surface area contributed by atoms with Crippen LogP contribution in [-0.4, -0.2) is 34.9 Å². The molecule has 0 spiro atoms. The lowest BCUT2D eigenvalue weighted by Crippen LogP contribution is -2.26. The van der Waals surface area contributed by atoms with Crippen molar-refractivity contribution in [1.82, 2.24) is 14.9 Å². The topological polar surface area (TPSA) is 81.3 Å². The zero-order valence-electron chi connectivity index (χ0n) is 13.3. The van der Waals surface area contributed by atoms with Crippen LogP contribution in [0.5, 0.6) is 5.75 Å². The lowest BCUT2D eigenvalue weighted by Gasteiger charge is -2.16. The normalized spacial score (nSPS) is 10.4. The van der Waals surface area contributed by atoms with Crippen LogP contribution in [0.3, 0.4) is 0 Å². The minimum atomic E-state index is -0.166. The molecule has 1 aromatic carbocycles. The lowest BCUT2D eigenvalue weighted by atomic mass is 10.1. The number of anilines is 1. The SMILES string of the molecule is Cc1ccccc1OCc1nc(N)nc(C)c1C(=O)N(C)C. The first-order chi connectivity index (χ1) is 10.4. The van der Waals surface area contributed by atoms with Crippen molar-refractivity contribution in [3.8, 4) is 5.75 Å². The number of hydrogen-bond acceptors (Lipinski definition) is 5. The van der Waals surface area contributed by atoms with Crippen molar-refractivity contribution in [2.24, 2.45) is 0 Å². The Balaban J connectivity index is 2.34. The number of nitrogen functional groups attached to an aromatic ring is 1. The third kappa shape index (κ3) is 3.33. The molecule has 1 heterocycles. The van der Waals surface area contributed by atoms with Crippen LogP contribution < -0.4 is 10.5 Å². The summed E-state index contributed by atoms with van der Waals surface area (Å²) >= 11 is 0. The second-order valence-corrected chi connectivity index (χ2v) is 5.24. The smallest absolute Gasteiger partial charge is 0.257 e. The van der Waals surface area contributed by atoms with Gasteiger partial charge in [0, 0.05) is 14.1 Å². The van der Waals surface area contributed by atoms with Crippen LogP contribution >= 0.6 is 0 Å². The zero-order chi connectivity index (χ0) is 16.3. The van der Waals surface area contributed by atoms with Gasteiger partial charge in [-0.15, -0.1) is 0 Å². The van der Waals surface area contributed by atoms with Crippen LogP contribution in [0.2, 0.25) is 0 Å². The summed E-state index contributed by atoms with van der Waals surface area (Å²) in [5, 5.41) is 0. The van der Waals surface area contributed by atoms with E-state index >= 15 is 0 Å². The number of amides is 1. The Morgan fingerprint density at radius 2 is 1.91 bits per heavy atom. The van der Waals surface area contributed by atoms with E-state index in [9.17, 15) is 4.79 Å². The summed E-state index contributed by atoms with van der Waals surface area (Å²) < 4.78 is 5.79. The molecule has 6 nitrogen and oxygen atoms in total. The quantitative estimate of drug-likeness (QED) is 0.933. The average Bonchev–Trinajstić information content (AvgIpc) is 2.45. The lowest BCUT2D eigenvalue weighted by molar-refractivity contribution is 0.0823. The molecule has 116 valence electrons. The molecule has 1 amide bonds. The Morgan fingerprint density at radius 3 is 2.55 bits per heavy atom. The maximum absolute atomic E-state index is 12.3. The zero-order valence-corrected chi connectivity index (χ0v) is 13.3. The molecule has 1 aromatic heterocycles. The highest BCUT2D eigenvalue weighted by Crippen LogP contribution is 2.20. The molecule has 0 unspecified atom stereocenters. The van der Waals surface area contributed by atoms with Crippen LogP contribution in [0, 0.1) is 13.8 Å². The van der Waals surface area contributed by atoms with E-state index in [2.05, 4.69) is 9.97 Å². The minimum absolute atomic E-state index is 0.135. The van der Waals surface area contributed by atoms with Crippen LogP contribution in [-0.2, 0) is 6.61 Å². The first kappa shape index (κ1) is 15.8. The predicted molar refractivity (Wildman–Crippen MR) is 84.7 cm³/mol. The van der Waals surface area contributed by atoms with Gasteiger partial charge in [0.25, 0.3) is 5.91 Å². The van der Waals surface area contributed by atoms with Crippen molar-refractivity contribution in [3.63, 3.8) is 0 Å². The number of rotatable bonds is 4. The van der Waals surface area contributed by atoms with E-state index in [1.54, 1.807) is 21.0 Å². The number of carbonyl (C=O) groups is 1. The molecule has 22 heavy (non-hydrogen) atoms. The number of benzene rings is 1. The van der Waals surface area contributed by atoms with Gasteiger partial charge >= 0.3 is 0 Å². The molecule has 0 atom stereocenters. The molecule has 0 bridgehead atoms. The number of carbonyl (C=O) groups excluding carboxylic acids is 1. The molecule has 2 N–H and O–H groups in total. The Kier molecular flexibility index (Phi) is 4.60. The van der Waals surface area contributed by atoms with Crippen LogP contribution in [0.4, 0.5) is 5.95 Å². The minimum Gasteiger partial charge on any atom is -0.487 e. The van der Waals surface area contributed by atoms with Gasteiger partial charge in [-0.25, -0.2) is 9.97 Å². The summed E-state index contributed by atoms with van der Waals surface area (Å²) in [5.74, 6) is 0.720. The number of nitrogens with two attached hydrogens (primary N) is 1. The first-order valence-electron chi connectivity index (χ1n) is 6.93. The summed E-state index contributed by atoms with van der Waals surface area (Å²) in [6.07, 6.45) is 0. The fraction of sp³-hybridized carbons (Fsp3) is 0.312. The predicted octanol–water partition coefficient (Wildman–Crippen LogP) is 1.96. The summed E-state index contributed by atoms with van der Waals surface area (Å²) in [4.78, 5) is 22.1. The van der Waals surface area contributed by atoms with Crippen molar-refractivity contribution in [1.29, 1.82) is 0 Å². The van der Waals surface area contributed by atoms with Crippen LogP contribution in [0.15, 0.2) is 24.3 Å². The molecule has 0 aliphatic heterocycles. The summed E-state index contributed by atoms with van der Waals surface area (Å²) in [6, 6.07) is 7.67. The van der Waals surface area contributed by atoms with Crippen LogP contribution in [0.1, 0.15) is 27.3 Å². The molecule has 0 aliphatic rings. The molecular weight excluding hydrogens is 280 g/mol. The molecule has 2 rings (SSSR count). The van der Waals surface area contributed by atoms with Gasteiger partial charge in [-0.3, -0.25) is 4.79 Å². The molecule has 0 aliphatic carbocycles. The maximum atomic E-state index is 12.3. The van der Waals surface area contributed by atoms with E-state index in [-0.39, 0.29) is 18.5 Å². The number of aryl methyl sites for hydroxylation is 2. The highest BCUT2D eigenvalue weighted by Gasteiger charge is 2.20. The third-order valence-corrected chi connectivity index (χ3v) is 3.26. The van der Waals surface area contributed by atoms with Gasteiger partial charge in [-0.2, -0.15) is 0 Å². The fourth-order valence-corrected chi connectivity index (χ4v) is 2.13. The van der Waals surface area contributed by atoms with Gasteiger partial charge < -0.3 is 15.4 Å². The van der Waals surface area contributed by atoms with Crippen molar-refractivity contribution in [2.45, 2.75) is 20.5 Å². The van der Waals surface area contributed by atoms with Gasteiger partial charge in [0.2, 0.25) is 5.95 Å². The van der Waals surface area contributed by atoms with Crippen molar-refractivity contribution >= 4 is 11.9 Å². The number of para-hydroxylation sites is 1. The van der Waals surface area contributed by atoms with Gasteiger partial charge in [0.1, 0.15) is 12.4 Å². The van der Waals surface area contributed by atoms with E-state index in [0.717, 1.165) is 11.3 Å². The number of ether oxygens (including phenoxy) is 1. The maximum Gasteiger partial charge on any atom is 0.257 e. The summed E-state index contributed by atoms with van der Waals surface area (Å²) in [7, 11) is 3.37.